The summed E-state index contributed by atoms with van der Waals surface area (Å²) in [7, 11) is 0. The van der Waals surface area contributed by atoms with Crippen molar-refractivity contribution in [3.8, 4) is 0 Å². The van der Waals surface area contributed by atoms with Crippen LogP contribution in [0.4, 0.5) is 10.5 Å². The fraction of sp³-hybridized carbons (Fsp3) is 0.412. The number of carbonyl (C=O) groups is 1. The lowest BCUT2D eigenvalue weighted by Gasteiger charge is -2.18. The van der Waals surface area contributed by atoms with Crippen molar-refractivity contribution in [3.05, 3.63) is 46.4 Å². The molecule has 0 aliphatic carbocycles. The Bertz CT molecular complexity index is 643. The number of thiazole rings is 1. The van der Waals surface area contributed by atoms with Crippen LogP contribution >= 0.6 is 11.3 Å². The summed E-state index contributed by atoms with van der Waals surface area (Å²) in [5.74, 6) is 0.506. The highest BCUT2D eigenvalue weighted by Gasteiger charge is 2.22. The number of aromatic nitrogens is 1. The lowest BCUT2D eigenvalue weighted by atomic mass is 10.1. The van der Waals surface area contributed by atoms with E-state index in [9.17, 15) is 4.79 Å². The quantitative estimate of drug-likeness (QED) is 0.886. The van der Waals surface area contributed by atoms with Crippen molar-refractivity contribution in [2.45, 2.75) is 19.9 Å². The summed E-state index contributed by atoms with van der Waals surface area (Å²) in [5, 5.41) is 6.89. The van der Waals surface area contributed by atoms with Crippen LogP contribution in [0.2, 0.25) is 0 Å². The lowest BCUT2D eigenvalue weighted by Crippen LogP contribution is -2.38. The first-order chi connectivity index (χ1) is 11.2. The minimum Gasteiger partial charge on any atom is -0.371 e. The van der Waals surface area contributed by atoms with Gasteiger partial charge in [0.15, 0.2) is 0 Å². The van der Waals surface area contributed by atoms with Crippen LogP contribution < -0.4 is 15.5 Å². The Balaban J connectivity index is 1.38. The van der Waals surface area contributed by atoms with E-state index in [-0.39, 0.29) is 6.03 Å². The smallest absolute Gasteiger partial charge is 0.315 e. The van der Waals surface area contributed by atoms with E-state index in [1.807, 2.05) is 19.2 Å². The third kappa shape index (κ3) is 4.45. The second kappa shape index (κ2) is 7.46. The molecule has 3 rings (SSSR count). The van der Waals surface area contributed by atoms with Crippen molar-refractivity contribution in [3.63, 3.8) is 0 Å². The van der Waals surface area contributed by atoms with E-state index in [4.69, 9.17) is 0 Å². The normalized spacial score (nSPS) is 17.3. The molecule has 1 aliphatic heterocycles. The first-order valence-corrected chi connectivity index (χ1v) is 8.75. The van der Waals surface area contributed by atoms with E-state index >= 15 is 0 Å². The maximum Gasteiger partial charge on any atom is 0.315 e. The Kier molecular flexibility index (Phi) is 5.12. The zero-order chi connectivity index (χ0) is 16.1. The van der Waals surface area contributed by atoms with E-state index in [0.717, 1.165) is 35.9 Å². The number of urea groups is 1. The van der Waals surface area contributed by atoms with Gasteiger partial charge in [0.25, 0.3) is 0 Å². The standard InChI is InChI=1S/C17H22N4OS/c1-13-18-10-16(23-13)11-20-17(22)19-9-14-7-8-21(12-14)15-5-3-2-4-6-15/h2-6,10,14H,7-9,11-12H2,1H3,(H2,19,20,22). The Labute approximate surface area is 140 Å². The van der Waals surface area contributed by atoms with Gasteiger partial charge >= 0.3 is 6.03 Å². The Morgan fingerprint density at radius 2 is 2.17 bits per heavy atom. The van der Waals surface area contributed by atoms with Crippen molar-refractivity contribution in [2.24, 2.45) is 5.92 Å². The zero-order valence-electron chi connectivity index (χ0n) is 13.3. The van der Waals surface area contributed by atoms with Crippen LogP contribution in [0.1, 0.15) is 16.3 Å². The van der Waals surface area contributed by atoms with Gasteiger partial charge in [-0.3, -0.25) is 0 Å². The minimum absolute atomic E-state index is 0.103. The van der Waals surface area contributed by atoms with Gasteiger partial charge in [0.2, 0.25) is 0 Å². The number of aryl methyl sites for hydroxylation is 1. The predicted octanol–water partition coefficient (Wildman–Crippen LogP) is 2.78. The molecule has 23 heavy (non-hydrogen) atoms. The summed E-state index contributed by atoms with van der Waals surface area (Å²) in [6.07, 6.45) is 2.93. The van der Waals surface area contributed by atoms with Crippen LogP contribution in [0.3, 0.4) is 0 Å². The number of amides is 2. The van der Waals surface area contributed by atoms with E-state index in [2.05, 4.69) is 44.8 Å². The second-order valence-corrected chi connectivity index (χ2v) is 7.16. The zero-order valence-corrected chi connectivity index (χ0v) is 14.1. The highest BCUT2D eigenvalue weighted by atomic mass is 32.1. The average Bonchev–Trinajstić information content (AvgIpc) is 3.21. The molecular weight excluding hydrogens is 308 g/mol. The van der Waals surface area contributed by atoms with E-state index in [1.54, 1.807) is 11.3 Å². The van der Waals surface area contributed by atoms with Crippen LogP contribution in [0.5, 0.6) is 0 Å². The molecule has 0 spiro atoms. The molecule has 0 bridgehead atoms. The number of rotatable bonds is 5. The van der Waals surface area contributed by atoms with Crippen molar-refractivity contribution in [1.82, 2.24) is 15.6 Å². The fourth-order valence-corrected chi connectivity index (χ4v) is 3.56. The van der Waals surface area contributed by atoms with Crippen LogP contribution in [0, 0.1) is 12.8 Å². The number of nitrogens with zero attached hydrogens (tertiary/aromatic N) is 2. The molecule has 122 valence electrons. The molecule has 5 nitrogen and oxygen atoms in total. The van der Waals surface area contributed by atoms with Gasteiger partial charge in [0.05, 0.1) is 11.6 Å². The third-order valence-electron chi connectivity index (χ3n) is 4.05. The molecule has 1 fully saturated rings. The van der Waals surface area contributed by atoms with E-state index < -0.39 is 0 Å². The molecule has 1 atom stereocenters. The van der Waals surface area contributed by atoms with Crippen molar-refractivity contribution in [1.29, 1.82) is 0 Å². The SMILES string of the molecule is Cc1ncc(CNC(=O)NCC2CCN(c3ccccc3)C2)s1. The molecule has 2 aromatic rings. The Morgan fingerprint density at radius 1 is 1.35 bits per heavy atom. The fourth-order valence-electron chi connectivity index (χ4n) is 2.83. The summed E-state index contributed by atoms with van der Waals surface area (Å²) in [6, 6.07) is 10.3. The number of nitrogens with one attached hydrogen (secondary N) is 2. The van der Waals surface area contributed by atoms with Gasteiger partial charge in [0, 0.05) is 36.4 Å². The summed E-state index contributed by atoms with van der Waals surface area (Å²) >= 11 is 1.61. The third-order valence-corrected chi connectivity index (χ3v) is 4.96. The molecule has 6 heteroatoms. The molecule has 2 heterocycles. The maximum atomic E-state index is 11.9. The molecule has 2 N–H and O–H groups in total. The van der Waals surface area contributed by atoms with Gasteiger partial charge in [-0.05, 0) is 31.4 Å². The molecule has 1 aliphatic rings. The predicted molar refractivity (Wildman–Crippen MR) is 93.9 cm³/mol. The molecule has 1 aromatic carbocycles. The molecular formula is C17H22N4OS. The highest BCUT2D eigenvalue weighted by molar-refractivity contribution is 7.11. The topological polar surface area (TPSA) is 57.3 Å². The number of hydrogen-bond acceptors (Lipinski definition) is 4. The molecule has 1 unspecified atom stereocenters. The second-order valence-electron chi connectivity index (χ2n) is 5.85. The van der Waals surface area contributed by atoms with Crippen molar-refractivity contribution in [2.75, 3.05) is 24.5 Å². The number of para-hydroxylation sites is 1. The molecule has 0 radical (unpaired) electrons. The summed E-state index contributed by atoms with van der Waals surface area (Å²) in [4.78, 5) is 19.5. The van der Waals surface area contributed by atoms with Crippen molar-refractivity contribution < 1.29 is 4.79 Å². The van der Waals surface area contributed by atoms with Crippen LogP contribution in [-0.2, 0) is 6.54 Å². The molecule has 0 saturated carbocycles. The van der Waals surface area contributed by atoms with E-state index in [1.165, 1.54) is 5.69 Å². The number of benzene rings is 1. The summed E-state index contributed by atoms with van der Waals surface area (Å²) in [6.45, 7) is 5.28. The van der Waals surface area contributed by atoms with Crippen LogP contribution in [0.15, 0.2) is 36.5 Å². The van der Waals surface area contributed by atoms with Gasteiger partial charge in [0.1, 0.15) is 0 Å². The van der Waals surface area contributed by atoms with Gasteiger partial charge in [-0.15, -0.1) is 11.3 Å². The first-order valence-electron chi connectivity index (χ1n) is 7.94. The molecule has 2 amide bonds. The molecule has 1 saturated heterocycles. The average molecular weight is 330 g/mol. The number of hydrogen-bond donors (Lipinski definition) is 2. The monoisotopic (exact) mass is 330 g/mol. The number of carbonyl (C=O) groups excluding carboxylic acids is 1. The summed E-state index contributed by atoms with van der Waals surface area (Å²) < 4.78 is 0. The van der Waals surface area contributed by atoms with Crippen LogP contribution in [0.25, 0.3) is 0 Å². The number of anilines is 1. The van der Waals surface area contributed by atoms with Gasteiger partial charge in [-0.1, -0.05) is 18.2 Å². The summed E-state index contributed by atoms with van der Waals surface area (Å²) in [5.41, 5.74) is 1.26. The first kappa shape index (κ1) is 15.8. The van der Waals surface area contributed by atoms with Crippen molar-refractivity contribution >= 4 is 23.1 Å². The van der Waals surface area contributed by atoms with Crippen LogP contribution in [-0.4, -0.2) is 30.6 Å². The largest absolute Gasteiger partial charge is 0.371 e. The maximum absolute atomic E-state index is 11.9. The Morgan fingerprint density at radius 3 is 2.91 bits per heavy atom. The Hall–Kier alpha value is -2.08. The lowest BCUT2D eigenvalue weighted by molar-refractivity contribution is 0.239. The van der Waals surface area contributed by atoms with Gasteiger partial charge in [-0.25, -0.2) is 9.78 Å². The minimum atomic E-state index is -0.103. The van der Waals surface area contributed by atoms with E-state index in [0.29, 0.717) is 12.5 Å². The van der Waals surface area contributed by atoms with Gasteiger partial charge < -0.3 is 15.5 Å². The molecule has 1 aromatic heterocycles. The highest BCUT2D eigenvalue weighted by Crippen LogP contribution is 2.22. The van der Waals surface area contributed by atoms with Gasteiger partial charge in [-0.2, -0.15) is 0 Å².